The number of hydrogen-bond acceptors (Lipinski definition) is 2. The van der Waals surface area contributed by atoms with Gasteiger partial charge in [0, 0.05) is 6.54 Å². The van der Waals surface area contributed by atoms with Crippen LogP contribution in [0.4, 0.5) is 0 Å². The van der Waals surface area contributed by atoms with Gasteiger partial charge in [-0.25, -0.2) is 0 Å². The Labute approximate surface area is 150 Å². The lowest BCUT2D eigenvalue weighted by Gasteiger charge is -2.61. The highest BCUT2D eigenvalue weighted by Gasteiger charge is 2.60. The van der Waals surface area contributed by atoms with Crippen LogP contribution in [0.15, 0.2) is 24.3 Å². The van der Waals surface area contributed by atoms with Crippen molar-refractivity contribution >= 4 is 5.91 Å². The fourth-order valence-corrected chi connectivity index (χ4v) is 6.56. The number of methoxy groups -OCH3 is 1. The van der Waals surface area contributed by atoms with Gasteiger partial charge in [-0.2, -0.15) is 0 Å². The van der Waals surface area contributed by atoms with Crippen molar-refractivity contribution in [3.05, 3.63) is 29.8 Å². The molecular formula is C22H29NO2. The summed E-state index contributed by atoms with van der Waals surface area (Å²) >= 11 is 0. The monoisotopic (exact) mass is 339 g/mol. The molecule has 2 atom stereocenters. The van der Waals surface area contributed by atoms with Crippen molar-refractivity contribution < 1.29 is 9.53 Å². The Morgan fingerprint density at radius 3 is 2.40 bits per heavy atom. The van der Waals surface area contributed by atoms with E-state index in [1.807, 2.05) is 0 Å². The molecular weight excluding hydrogens is 310 g/mol. The Hall–Kier alpha value is -1.51. The van der Waals surface area contributed by atoms with Gasteiger partial charge in [0.15, 0.2) is 0 Å². The third-order valence-electron chi connectivity index (χ3n) is 7.49. The summed E-state index contributed by atoms with van der Waals surface area (Å²) in [6.45, 7) is 0.908. The zero-order valence-corrected chi connectivity index (χ0v) is 15.2. The minimum absolute atomic E-state index is 0.0983. The first kappa shape index (κ1) is 15.7. The van der Waals surface area contributed by atoms with E-state index in [-0.39, 0.29) is 10.8 Å². The molecule has 5 fully saturated rings. The highest BCUT2D eigenvalue weighted by atomic mass is 16.5. The molecule has 5 saturated carbocycles. The van der Waals surface area contributed by atoms with E-state index in [0.717, 1.165) is 49.3 Å². The van der Waals surface area contributed by atoms with Gasteiger partial charge in [0.25, 0.3) is 0 Å². The van der Waals surface area contributed by atoms with Crippen molar-refractivity contribution in [2.24, 2.45) is 23.2 Å². The van der Waals surface area contributed by atoms with Crippen molar-refractivity contribution in [2.45, 2.75) is 56.8 Å². The summed E-state index contributed by atoms with van der Waals surface area (Å²) in [6, 6.07) is 8.69. The van der Waals surface area contributed by atoms with Gasteiger partial charge in [0.2, 0.25) is 5.91 Å². The van der Waals surface area contributed by atoms with E-state index >= 15 is 0 Å². The minimum atomic E-state index is -0.0983. The second-order valence-electron chi connectivity index (χ2n) is 9.40. The molecule has 25 heavy (non-hydrogen) atoms. The maximum atomic E-state index is 13.2. The lowest BCUT2D eigenvalue weighted by molar-refractivity contribution is -0.149. The maximum absolute atomic E-state index is 13.2. The maximum Gasteiger partial charge on any atom is 0.226 e. The number of rotatable bonds is 5. The molecule has 0 saturated heterocycles. The molecule has 0 aromatic heterocycles. The standard InChI is InChI=1S/C22H29NO2/c1-25-19-6-4-18(5-7-19)21-9-16-8-17(10-21)12-22(11-16,14-21)20(24)23-13-15-2-3-15/h4-7,15-17H,2-3,8-14H2,1H3,(H,23,24). The van der Waals surface area contributed by atoms with Crippen LogP contribution in [0.25, 0.3) is 0 Å². The molecule has 4 bridgehead atoms. The number of carbonyl (C=O) groups excluding carboxylic acids is 1. The number of amides is 1. The summed E-state index contributed by atoms with van der Waals surface area (Å²) in [5.41, 5.74) is 1.55. The Bertz CT molecular complexity index is 662. The van der Waals surface area contributed by atoms with E-state index in [2.05, 4.69) is 29.6 Å². The Morgan fingerprint density at radius 2 is 1.80 bits per heavy atom. The van der Waals surface area contributed by atoms with Gasteiger partial charge >= 0.3 is 0 Å². The molecule has 0 radical (unpaired) electrons. The molecule has 1 aromatic carbocycles. The average molecular weight is 339 g/mol. The molecule has 5 aliphatic rings. The SMILES string of the molecule is COc1ccc(C23CC4CC(CC(C(=O)NCC5CC5)(C4)C2)C3)cc1. The normalized spacial score (nSPS) is 38.6. The zero-order valence-electron chi connectivity index (χ0n) is 15.2. The van der Waals surface area contributed by atoms with Gasteiger partial charge in [-0.05, 0) is 92.2 Å². The van der Waals surface area contributed by atoms with Crippen molar-refractivity contribution in [2.75, 3.05) is 13.7 Å². The van der Waals surface area contributed by atoms with Crippen molar-refractivity contribution in [1.82, 2.24) is 5.32 Å². The Morgan fingerprint density at radius 1 is 1.12 bits per heavy atom. The number of carbonyl (C=O) groups is 1. The van der Waals surface area contributed by atoms with Crippen molar-refractivity contribution in [3.63, 3.8) is 0 Å². The summed E-state index contributed by atoms with van der Waals surface area (Å²) in [5.74, 6) is 3.51. The van der Waals surface area contributed by atoms with Gasteiger partial charge in [-0.15, -0.1) is 0 Å². The van der Waals surface area contributed by atoms with E-state index in [9.17, 15) is 4.79 Å². The van der Waals surface area contributed by atoms with E-state index in [0.29, 0.717) is 5.91 Å². The van der Waals surface area contributed by atoms with E-state index in [1.54, 1.807) is 7.11 Å². The van der Waals surface area contributed by atoms with E-state index < -0.39 is 0 Å². The van der Waals surface area contributed by atoms with Crippen molar-refractivity contribution in [1.29, 1.82) is 0 Å². The summed E-state index contributed by atoms with van der Waals surface area (Å²) in [7, 11) is 1.72. The van der Waals surface area contributed by atoms with Crippen LogP contribution in [-0.4, -0.2) is 19.6 Å². The molecule has 5 aliphatic carbocycles. The van der Waals surface area contributed by atoms with Crippen LogP contribution in [0.3, 0.4) is 0 Å². The molecule has 0 heterocycles. The van der Waals surface area contributed by atoms with Crippen LogP contribution >= 0.6 is 0 Å². The van der Waals surface area contributed by atoms with E-state index in [1.165, 1.54) is 37.7 Å². The van der Waals surface area contributed by atoms with Crippen molar-refractivity contribution in [3.8, 4) is 5.75 Å². The lowest BCUT2D eigenvalue weighted by Crippen LogP contribution is -2.59. The Balaban J connectivity index is 1.44. The molecule has 3 nitrogen and oxygen atoms in total. The zero-order chi connectivity index (χ0) is 17.1. The van der Waals surface area contributed by atoms with Crippen LogP contribution < -0.4 is 10.1 Å². The van der Waals surface area contributed by atoms with Gasteiger partial charge < -0.3 is 10.1 Å². The fraction of sp³-hybridized carbons (Fsp3) is 0.682. The molecule has 0 spiro atoms. The highest BCUT2D eigenvalue weighted by molar-refractivity contribution is 5.83. The largest absolute Gasteiger partial charge is 0.497 e. The minimum Gasteiger partial charge on any atom is -0.497 e. The molecule has 134 valence electrons. The first-order chi connectivity index (χ1) is 12.1. The predicted molar refractivity (Wildman–Crippen MR) is 97.5 cm³/mol. The third-order valence-corrected chi connectivity index (χ3v) is 7.49. The number of benzene rings is 1. The third kappa shape index (κ3) is 2.58. The van der Waals surface area contributed by atoms with Crippen LogP contribution in [0.1, 0.15) is 56.9 Å². The smallest absolute Gasteiger partial charge is 0.226 e. The quantitative estimate of drug-likeness (QED) is 0.878. The Kier molecular flexibility index (Phi) is 3.45. The second-order valence-corrected chi connectivity index (χ2v) is 9.40. The molecule has 1 N–H and O–H groups in total. The summed E-state index contributed by atoms with van der Waals surface area (Å²) in [5, 5.41) is 3.33. The number of hydrogen-bond donors (Lipinski definition) is 1. The van der Waals surface area contributed by atoms with Crippen LogP contribution in [0.2, 0.25) is 0 Å². The average Bonchev–Trinajstić information content (AvgIpc) is 3.43. The van der Waals surface area contributed by atoms with Gasteiger partial charge in [-0.1, -0.05) is 12.1 Å². The summed E-state index contributed by atoms with van der Waals surface area (Å²) < 4.78 is 5.34. The lowest BCUT2D eigenvalue weighted by atomic mass is 9.42. The molecule has 1 aromatic rings. The van der Waals surface area contributed by atoms with Crippen LogP contribution in [0, 0.1) is 23.2 Å². The molecule has 1 amide bonds. The van der Waals surface area contributed by atoms with Gasteiger partial charge in [0.1, 0.15) is 5.75 Å². The molecule has 3 heteroatoms. The summed E-state index contributed by atoms with van der Waals surface area (Å²) in [4.78, 5) is 13.2. The topological polar surface area (TPSA) is 38.3 Å². The molecule has 0 aliphatic heterocycles. The number of nitrogens with one attached hydrogen (secondary N) is 1. The first-order valence-corrected chi connectivity index (χ1v) is 10.0. The summed E-state index contributed by atoms with van der Waals surface area (Å²) in [6.07, 6.45) is 9.78. The molecule has 6 rings (SSSR count). The second kappa shape index (κ2) is 5.49. The fourth-order valence-electron chi connectivity index (χ4n) is 6.56. The number of ether oxygens (including phenoxy) is 1. The first-order valence-electron chi connectivity index (χ1n) is 10.0. The highest BCUT2D eigenvalue weighted by Crippen LogP contribution is 2.65. The molecule has 2 unspecified atom stereocenters. The van der Waals surface area contributed by atoms with Crippen LogP contribution in [-0.2, 0) is 10.2 Å². The van der Waals surface area contributed by atoms with Crippen LogP contribution in [0.5, 0.6) is 5.75 Å². The van der Waals surface area contributed by atoms with Gasteiger partial charge in [-0.3, -0.25) is 4.79 Å². The van der Waals surface area contributed by atoms with E-state index in [4.69, 9.17) is 4.74 Å². The predicted octanol–water partition coefficient (Wildman–Crippen LogP) is 4.06. The van der Waals surface area contributed by atoms with Gasteiger partial charge in [0.05, 0.1) is 12.5 Å².